The van der Waals surface area contributed by atoms with E-state index >= 15 is 0 Å². The van der Waals surface area contributed by atoms with Gasteiger partial charge in [0.1, 0.15) is 0 Å². The average molecular weight is 603 g/mol. The summed E-state index contributed by atoms with van der Waals surface area (Å²) in [5.74, 6) is -0.387. The third kappa shape index (κ3) is 8.43. The minimum absolute atomic E-state index is 0.0216. The van der Waals surface area contributed by atoms with Gasteiger partial charge in [0, 0.05) is 43.1 Å². The van der Waals surface area contributed by atoms with Crippen molar-refractivity contribution in [3.8, 4) is 0 Å². The van der Waals surface area contributed by atoms with Crippen molar-refractivity contribution in [3.63, 3.8) is 0 Å². The molecule has 3 aromatic carbocycles. The van der Waals surface area contributed by atoms with E-state index in [0.717, 1.165) is 36.1 Å². The molecule has 10 heteroatoms. The Bertz CT molecular complexity index is 1400. The Morgan fingerprint density at radius 2 is 1.68 bits per heavy atom. The number of ether oxygens (including phenoxy) is 2. The summed E-state index contributed by atoms with van der Waals surface area (Å²) >= 11 is 0. The molecule has 2 heterocycles. The number of nitrogens with two attached hydrogens (primary N) is 1. The molecule has 234 valence electrons. The lowest BCUT2D eigenvalue weighted by Gasteiger charge is -2.38. The summed E-state index contributed by atoms with van der Waals surface area (Å²) in [5.41, 5.74) is 10.2. The number of likely N-dealkylation sites (tertiary alicyclic amines) is 1. The van der Waals surface area contributed by atoms with Gasteiger partial charge in [-0.3, -0.25) is 14.5 Å². The van der Waals surface area contributed by atoms with E-state index in [9.17, 15) is 19.8 Å². The summed E-state index contributed by atoms with van der Waals surface area (Å²) < 4.78 is 13.0. The molecule has 5 rings (SSSR count). The summed E-state index contributed by atoms with van der Waals surface area (Å²) in [6.07, 6.45) is 2.46. The molecule has 0 bridgehead atoms. The van der Waals surface area contributed by atoms with Crippen molar-refractivity contribution in [2.45, 2.75) is 69.7 Å². The maximum absolute atomic E-state index is 12.7. The number of aliphatic hydroxyl groups is 2. The number of nitrogens with one attached hydrogen (secondary N) is 2. The Labute approximate surface area is 258 Å². The molecular formula is C34H42N4O6. The van der Waals surface area contributed by atoms with Gasteiger partial charge in [-0.05, 0) is 61.2 Å². The number of hydrogen-bond acceptors (Lipinski definition) is 8. The van der Waals surface area contributed by atoms with Crippen LogP contribution in [-0.4, -0.2) is 58.8 Å². The summed E-state index contributed by atoms with van der Waals surface area (Å²) in [7, 11) is 0. The molecule has 2 fully saturated rings. The normalized spacial score (nSPS) is 22.0. The van der Waals surface area contributed by atoms with Gasteiger partial charge in [-0.25, -0.2) is 0 Å². The predicted octanol–water partition coefficient (Wildman–Crippen LogP) is 4.51. The van der Waals surface area contributed by atoms with Crippen molar-refractivity contribution in [2.24, 2.45) is 0 Å². The zero-order valence-corrected chi connectivity index (χ0v) is 24.9. The van der Waals surface area contributed by atoms with Gasteiger partial charge in [-0.1, -0.05) is 48.5 Å². The van der Waals surface area contributed by atoms with E-state index in [2.05, 4.69) is 15.5 Å². The summed E-state index contributed by atoms with van der Waals surface area (Å²) in [6, 6.07) is 22.4. The van der Waals surface area contributed by atoms with Gasteiger partial charge >= 0.3 is 0 Å². The molecule has 4 unspecified atom stereocenters. The lowest BCUT2D eigenvalue weighted by Crippen LogP contribution is -2.42. The first-order valence-corrected chi connectivity index (χ1v) is 15.3. The van der Waals surface area contributed by atoms with Gasteiger partial charge in [-0.2, -0.15) is 0 Å². The molecule has 3 aromatic rings. The average Bonchev–Trinajstić information content (AvgIpc) is 3.49. The third-order valence-corrected chi connectivity index (χ3v) is 8.25. The van der Waals surface area contributed by atoms with E-state index in [-0.39, 0.29) is 56.1 Å². The van der Waals surface area contributed by atoms with Crippen molar-refractivity contribution in [2.75, 3.05) is 36.1 Å². The highest BCUT2D eigenvalue weighted by molar-refractivity contribution is 5.94. The number of nitrogen functional groups attached to an aromatic ring is 1. The number of para-hydroxylation sites is 2. The molecule has 6 N–H and O–H groups in total. The van der Waals surface area contributed by atoms with Gasteiger partial charge in [0.2, 0.25) is 11.8 Å². The Kier molecular flexibility index (Phi) is 11.0. The number of carbonyl (C=O) groups excluding carboxylic acids is 2. The molecule has 0 aliphatic carbocycles. The minimum atomic E-state index is -0.655. The standard InChI is InChI=1S/C34H42N4O6/c35-29-9-1-2-10-30(29)37-33(42)12-4-11-32(41)36-26-7-3-6-25(18-26)34-43-28(20-38-17-5-8-27(38)22-40)19-31(44-34)24-15-13-23(21-39)14-16-24/h1-3,6-7,9-10,13-16,18,27-28,31,34,39-40H,4-5,8,11-12,17,19-22,35H2,(H,36,41)(H,37,42). The second kappa shape index (κ2) is 15.3. The van der Waals surface area contributed by atoms with Gasteiger partial charge in [0.25, 0.3) is 0 Å². The van der Waals surface area contributed by atoms with Crippen LogP contribution < -0.4 is 16.4 Å². The van der Waals surface area contributed by atoms with Crippen molar-refractivity contribution >= 4 is 28.9 Å². The van der Waals surface area contributed by atoms with Crippen LogP contribution in [-0.2, 0) is 25.7 Å². The number of amides is 2. The Balaban J connectivity index is 1.21. The fraction of sp³-hybridized carbons (Fsp3) is 0.412. The molecular weight excluding hydrogens is 560 g/mol. The number of benzene rings is 3. The van der Waals surface area contributed by atoms with E-state index in [4.69, 9.17) is 15.2 Å². The van der Waals surface area contributed by atoms with Gasteiger partial charge in [-0.15, -0.1) is 0 Å². The molecule has 10 nitrogen and oxygen atoms in total. The van der Waals surface area contributed by atoms with E-state index in [1.54, 1.807) is 24.3 Å². The molecule has 0 radical (unpaired) electrons. The Morgan fingerprint density at radius 1 is 0.909 bits per heavy atom. The number of hydrogen-bond donors (Lipinski definition) is 5. The summed E-state index contributed by atoms with van der Waals surface area (Å²) in [6.45, 7) is 1.73. The predicted molar refractivity (Wildman–Crippen MR) is 169 cm³/mol. The SMILES string of the molecule is Nc1ccccc1NC(=O)CCCC(=O)Nc1cccc(C2OC(CN3CCCC3CO)CC(c3ccc(CO)cc3)O2)c1. The number of rotatable bonds is 12. The highest BCUT2D eigenvalue weighted by atomic mass is 16.7. The Morgan fingerprint density at radius 3 is 2.43 bits per heavy atom. The number of carbonyl (C=O) groups is 2. The molecule has 0 aromatic heterocycles. The first-order chi connectivity index (χ1) is 21.4. The molecule has 2 saturated heterocycles. The second-order valence-corrected chi connectivity index (χ2v) is 11.5. The maximum atomic E-state index is 12.7. The number of anilines is 3. The van der Waals surface area contributed by atoms with Crippen molar-refractivity contribution in [3.05, 3.63) is 89.5 Å². The van der Waals surface area contributed by atoms with Crippen molar-refractivity contribution in [1.29, 1.82) is 0 Å². The summed E-state index contributed by atoms with van der Waals surface area (Å²) in [5, 5.41) is 25.0. The lowest BCUT2D eigenvalue weighted by atomic mass is 9.99. The first-order valence-electron chi connectivity index (χ1n) is 15.3. The van der Waals surface area contributed by atoms with Crippen LogP contribution in [0.4, 0.5) is 17.1 Å². The van der Waals surface area contributed by atoms with Crippen molar-refractivity contribution < 1.29 is 29.3 Å². The summed E-state index contributed by atoms with van der Waals surface area (Å²) in [4.78, 5) is 27.3. The molecule has 4 atom stereocenters. The third-order valence-electron chi connectivity index (χ3n) is 8.25. The van der Waals surface area contributed by atoms with Crippen LogP contribution in [0.1, 0.15) is 67.6 Å². The fourth-order valence-corrected chi connectivity index (χ4v) is 5.86. The Hall–Kier alpha value is -3.80. The number of aliphatic hydroxyl groups excluding tert-OH is 2. The van der Waals surface area contributed by atoms with E-state index in [1.807, 2.05) is 48.5 Å². The zero-order valence-electron chi connectivity index (χ0n) is 24.9. The van der Waals surface area contributed by atoms with Gasteiger partial charge in [0.15, 0.2) is 6.29 Å². The number of nitrogens with zero attached hydrogens (tertiary/aromatic N) is 1. The van der Waals surface area contributed by atoms with Crippen LogP contribution in [0.5, 0.6) is 0 Å². The van der Waals surface area contributed by atoms with Gasteiger partial charge in [0.05, 0.1) is 36.8 Å². The molecule has 2 aliphatic heterocycles. The molecule has 2 aliphatic rings. The fourth-order valence-electron chi connectivity index (χ4n) is 5.86. The quantitative estimate of drug-likeness (QED) is 0.190. The van der Waals surface area contributed by atoms with Crippen LogP contribution in [0.2, 0.25) is 0 Å². The molecule has 2 amide bonds. The topological polar surface area (TPSA) is 146 Å². The zero-order chi connectivity index (χ0) is 30.9. The van der Waals surface area contributed by atoms with Gasteiger partial charge < -0.3 is 36.1 Å². The van der Waals surface area contributed by atoms with Crippen LogP contribution in [0.3, 0.4) is 0 Å². The highest BCUT2D eigenvalue weighted by Gasteiger charge is 2.35. The van der Waals surface area contributed by atoms with E-state index in [0.29, 0.717) is 36.4 Å². The molecule has 0 spiro atoms. The van der Waals surface area contributed by atoms with E-state index < -0.39 is 6.29 Å². The minimum Gasteiger partial charge on any atom is -0.397 e. The van der Waals surface area contributed by atoms with Crippen LogP contribution in [0.15, 0.2) is 72.8 Å². The largest absolute Gasteiger partial charge is 0.397 e. The molecule has 0 saturated carbocycles. The van der Waals surface area contributed by atoms with E-state index in [1.165, 1.54) is 0 Å². The van der Waals surface area contributed by atoms with Crippen LogP contribution >= 0.6 is 0 Å². The maximum Gasteiger partial charge on any atom is 0.224 e. The second-order valence-electron chi connectivity index (χ2n) is 11.5. The van der Waals surface area contributed by atoms with Crippen molar-refractivity contribution in [1.82, 2.24) is 4.90 Å². The highest BCUT2D eigenvalue weighted by Crippen LogP contribution is 2.39. The lowest BCUT2D eigenvalue weighted by molar-refractivity contribution is -0.253. The smallest absolute Gasteiger partial charge is 0.224 e. The monoisotopic (exact) mass is 602 g/mol. The first kappa shape index (κ1) is 31.6. The molecule has 44 heavy (non-hydrogen) atoms. The van der Waals surface area contributed by atoms with Crippen LogP contribution in [0.25, 0.3) is 0 Å². The van der Waals surface area contributed by atoms with Crippen LogP contribution in [0, 0.1) is 0 Å².